The van der Waals surface area contributed by atoms with Crippen LogP contribution in [0.1, 0.15) is 33.6 Å². The van der Waals surface area contributed by atoms with Crippen molar-refractivity contribution in [2.75, 3.05) is 18.4 Å². The van der Waals surface area contributed by atoms with Gasteiger partial charge < -0.3 is 10.2 Å². The summed E-state index contributed by atoms with van der Waals surface area (Å²) >= 11 is 7.17. The zero-order valence-electron chi connectivity index (χ0n) is 17.0. The second-order valence-corrected chi connectivity index (χ2v) is 9.20. The average Bonchev–Trinajstić information content (AvgIpc) is 3.23. The van der Waals surface area contributed by atoms with E-state index in [2.05, 4.69) is 10.3 Å². The third kappa shape index (κ3) is 5.31. The summed E-state index contributed by atoms with van der Waals surface area (Å²) in [4.78, 5) is 32.3. The highest BCUT2D eigenvalue weighted by atomic mass is 35.5. The summed E-state index contributed by atoms with van der Waals surface area (Å²) < 4.78 is 26.5. The lowest BCUT2D eigenvalue weighted by Gasteiger charge is -2.32. The summed E-state index contributed by atoms with van der Waals surface area (Å²) in [6.07, 6.45) is 3.41. The minimum Gasteiger partial charge on any atom is -0.338 e. The number of carbonyl (C=O) groups is 2. The molecule has 9 heteroatoms. The van der Waals surface area contributed by atoms with E-state index in [1.54, 1.807) is 35.4 Å². The van der Waals surface area contributed by atoms with E-state index in [4.69, 9.17) is 11.6 Å². The number of rotatable bonds is 5. The lowest BCUT2D eigenvalue weighted by Crippen LogP contribution is -2.43. The van der Waals surface area contributed by atoms with E-state index in [0.29, 0.717) is 47.2 Å². The Morgan fingerprint density at radius 3 is 2.69 bits per heavy atom. The molecular formula is C23H20ClF2N3O2S. The number of nitrogens with zero attached hydrogens (tertiary/aromatic N) is 2. The largest absolute Gasteiger partial charge is 0.338 e. The highest BCUT2D eigenvalue weighted by Gasteiger charge is 2.29. The maximum Gasteiger partial charge on any atom is 0.253 e. The zero-order chi connectivity index (χ0) is 22.7. The number of hydrogen-bond acceptors (Lipinski definition) is 4. The van der Waals surface area contributed by atoms with Crippen molar-refractivity contribution in [3.63, 3.8) is 0 Å². The Hall–Kier alpha value is -2.84. The number of piperidine rings is 1. The third-order valence-corrected chi connectivity index (χ3v) is 6.48. The molecule has 2 amide bonds. The lowest BCUT2D eigenvalue weighted by atomic mass is 9.96. The molecular weight excluding hydrogens is 456 g/mol. The van der Waals surface area contributed by atoms with Crippen LogP contribution in [0.25, 0.3) is 0 Å². The van der Waals surface area contributed by atoms with Gasteiger partial charge in [-0.3, -0.25) is 9.59 Å². The summed E-state index contributed by atoms with van der Waals surface area (Å²) in [5.41, 5.74) is 1.16. The van der Waals surface area contributed by atoms with Gasteiger partial charge in [-0.2, -0.15) is 0 Å². The van der Waals surface area contributed by atoms with Crippen LogP contribution in [0.2, 0.25) is 5.02 Å². The molecule has 1 aromatic heterocycles. The Morgan fingerprint density at radius 1 is 1.16 bits per heavy atom. The van der Waals surface area contributed by atoms with Gasteiger partial charge in [0.15, 0.2) is 16.8 Å². The normalized spacial score (nSPS) is 16.1. The van der Waals surface area contributed by atoms with Gasteiger partial charge in [-0.15, -0.1) is 11.3 Å². The molecule has 1 fully saturated rings. The molecule has 0 unspecified atom stereocenters. The Labute approximate surface area is 193 Å². The van der Waals surface area contributed by atoms with Crippen LogP contribution < -0.4 is 5.32 Å². The molecule has 0 bridgehead atoms. The maximum atomic E-state index is 13.4. The average molecular weight is 476 g/mol. The molecule has 3 aromatic rings. The Balaban J connectivity index is 1.35. The van der Waals surface area contributed by atoms with E-state index < -0.39 is 11.6 Å². The number of halogens is 3. The quantitative estimate of drug-likeness (QED) is 0.554. The molecule has 0 aliphatic carbocycles. The molecule has 1 aliphatic heterocycles. The first-order chi connectivity index (χ1) is 15.4. The van der Waals surface area contributed by atoms with E-state index in [9.17, 15) is 18.4 Å². The van der Waals surface area contributed by atoms with Crippen molar-refractivity contribution >= 4 is 39.9 Å². The van der Waals surface area contributed by atoms with Crippen LogP contribution in [0.4, 0.5) is 13.9 Å². The summed E-state index contributed by atoms with van der Waals surface area (Å²) in [7, 11) is 0. The monoisotopic (exact) mass is 475 g/mol. The van der Waals surface area contributed by atoms with Crippen LogP contribution in [0, 0.1) is 17.6 Å². The predicted octanol–water partition coefficient (Wildman–Crippen LogP) is 5.16. The molecule has 0 radical (unpaired) electrons. The number of carbonyl (C=O) groups excluding carboxylic acids is 2. The van der Waals surface area contributed by atoms with Gasteiger partial charge in [-0.25, -0.2) is 13.8 Å². The van der Waals surface area contributed by atoms with Crippen LogP contribution in [-0.2, 0) is 11.2 Å². The number of hydrogen-bond donors (Lipinski definition) is 1. The number of anilines is 1. The van der Waals surface area contributed by atoms with Crippen molar-refractivity contribution in [2.45, 2.75) is 19.3 Å². The third-order valence-electron chi connectivity index (χ3n) is 5.32. The second kappa shape index (κ2) is 9.75. The van der Waals surface area contributed by atoms with Crippen molar-refractivity contribution in [3.05, 3.63) is 81.3 Å². The smallest absolute Gasteiger partial charge is 0.253 e. The molecule has 1 N–H and O–H groups in total. The van der Waals surface area contributed by atoms with E-state index in [-0.39, 0.29) is 17.7 Å². The summed E-state index contributed by atoms with van der Waals surface area (Å²) in [6.45, 7) is 0.932. The van der Waals surface area contributed by atoms with Crippen molar-refractivity contribution in [3.8, 4) is 0 Å². The van der Waals surface area contributed by atoms with Gasteiger partial charge in [0.2, 0.25) is 5.91 Å². The molecule has 4 rings (SSSR count). The molecule has 1 saturated heterocycles. The Morgan fingerprint density at radius 2 is 1.94 bits per heavy atom. The van der Waals surface area contributed by atoms with Gasteiger partial charge in [0.1, 0.15) is 0 Å². The first-order valence-corrected chi connectivity index (χ1v) is 11.3. The van der Waals surface area contributed by atoms with Crippen LogP contribution in [0.15, 0.2) is 48.7 Å². The van der Waals surface area contributed by atoms with Crippen molar-refractivity contribution in [2.24, 2.45) is 5.92 Å². The highest BCUT2D eigenvalue weighted by molar-refractivity contribution is 7.15. The minimum atomic E-state index is -0.893. The standard InChI is InChI=1S/C23H20ClF2N3O2S/c24-17-6-4-15(5-7-17)22(31)29-9-1-2-16(13-29)21(30)28-23-27-12-18(32-23)10-14-3-8-19(25)20(26)11-14/h3-8,11-12,16H,1-2,9-10,13H2,(H,27,28,30)/t16-/m1/s1. The van der Waals surface area contributed by atoms with Crippen LogP contribution >= 0.6 is 22.9 Å². The fourth-order valence-electron chi connectivity index (χ4n) is 3.66. The fourth-order valence-corrected chi connectivity index (χ4v) is 4.63. The highest BCUT2D eigenvalue weighted by Crippen LogP contribution is 2.25. The molecule has 32 heavy (non-hydrogen) atoms. The number of aromatic nitrogens is 1. The predicted molar refractivity (Wildman–Crippen MR) is 120 cm³/mol. The molecule has 1 atom stereocenters. The molecule has 1 aliphatic rings. The maximum absolute atomic E-state index is 13.4. The molecule has 2 aromatic carbocycles. The lowest BCUT2D eigenvalue weighted by molar-refractivity contribution is -0.121. The topological polar surface area (TPSA) is 62.3 Å². The van der Waals surface area contributed by atoms with E-state index in [0.717, 1.165) is 23.4 Å². The van der Waals surface area contributed by atoms with Gasteiger partial charge in [0.05, 0.1) is 5.92 Å². The molecule has 166 valence electrons. The summed E-state index contributed by atoms with van der Waals surface area (Å²) in [6, 6.07) is 10.5. The minimum absolute atomic E-state index is 0.123. The van der Waals surface area contributed by atoms with Crippen LogP contribution in [0.5, 0.6) is 0 Å². The van der Waals surface area contributed by atoms with Gasteiger partial charge in [0.25, 0.3) is 5.91 Å². The molecule has 0 spiro atoms. The SMILES string of the molecule is O=C(Nc1ncc(Cc2ccc(F)c(F)c2)s1)[C@@H]1CCCN(C(=O)c2ccc(Cl)cc2)C1. The van der Waals surface area contributed by atoms with Gasteiger partial charge in [0, 0.05) is 41.2 Å². The first-order valence-electron chi connectivity index (χ1n) is 10.1. The number of nitrogens with one attached hydrogen (secondary N) is 1. The fraction of sp³-hybridized carbons (Fsp3) is 0.261. The number of amides is 2. The molecule has 2 heterocycles. The van der Waals surface area contributed by atoms with Crippen molar-refractivity contribution in [1.82, 2.24) is 9.88 Å². The van der Waals surface area contributed by atoms with Gasteiger partial charge in [-0.05, 0) is 54.8 Å². The van der Waals surface area contributed by atoms with E-state index in [1.807, 2.05) is 0 Å². The van der Waals surface area contributed by atoms with Crippen LogP contribution in [-0.4, -0.2) is 34.8 Å². The Kier molecular flexibility index (Phi) is 6.81. The van der Waals surface area contributed by atoms with E-state index >= 15 is 0 Å². The van der Waals surface area contributed by atoms with Crippen molar-refractivity contribution in [1.29, 1.82) is 0 Å². The molecule has 0 saturated carbocycles. The number of benzene rings is 2. The van der Waals surface area contributed by atoms with Gasteiger partial charge >= 0.3 is 0 Å². The second-order valence-electron chi connectivity index (χ2n) is 7.64. The summed E-state index contributed by atoms with van der Waals surface area (Å²) in [5, 5.41) is 3.82. The zero-order valence-corrected chi connectivity index (χ0v) is 18.6. The van der Waals surface area contributed by atoms with Crippen LogP contribution in [0.3, 0.4) is 0 Å². The number of likely N-dealkylation sites (tertiary alicyclic amines) is 1. The summed E-state index contributed by atoms with van der Waals surface area (Å²) in [5.74, 6) is -2.43. The molecule has 5 nitrogen and oxygen atoms in total. The van der Waals surface area contributed by atoms with E-state index in [1.165, 1.54) is 17.4 Å². The Bertz CT molecular complexity index is 1140. The first kappa shape index (κ1) is 22.4. The number of thiazole rings is 1. The van der Waals surface area contributed by atoms with Gasteiger partial charge in [-0.1, -0.05) is 17.7 Å². The van der Waals surface area contributed by atoms with Crippen molar-refractivity contribution < 1.29 is 18.4 Å².